The van der Waals surface area contributed by atoms with Crippen molar-refractivity contribution < 1.29 is 23.1 Å². The Balaban J connectivity index is 1.10. The maximum Gasteiger partial charge on any atom is 0.410 e. The summed E-state index contributed by atoms with van der Waals surface area (Å²) in [6.45, 7) is 11.8. The molecule has 0 bridgehead atoms. The second-order valence-corrected chi connectivity index (χ2v) is 15.9. The number of piperidine rings is 2. The lowest BCUT2D eigenvalue weighted by Crippen LogP contribution is -2.45. The zero-order chi connectivity index (χ0) is 36.7. The second-order valence-electron chi connectivity index (χ2n) is 15.9. The minimum Gasteiger partial charge on any atom is -0.444 e. The molecular formula is C38H53F2N9O3. The van der Waals surface area contributed by atoms with Gasteiger partial charge in [0.25, 0.3) is 6.43 Å². The molecule has 52 heavy (non-hydrogen) atoms. The summed E-state index contributed by atoms with van der Waals surface area (Å²) >= 11 is 0. The Morgan fingerprint density at radius 1 is 1.00 bits per heavy atom. The average molecular weight is 722 g/mol. The van der Waals surface area contributed by atoms with Gasteiger partial charge in [0, 0.05) is 101 Å². The Bertz CT molecular complexity index is 1770. The first-order valence-corrected chi connectivity index (χ1v) is 18.9. The monoisotopic (exact) mass is 721 g/mol. The topological polar surface area (TPSA) is 104 Å². The molecule has 14 heteroatoms. The fraction of sp³-hybridized carbons (Fsp3) is 0.632. The van der Waals surface area contributed by atoms with Gasteiger partial charge >= 0.3 is 12.1 Å². The fourth-order valence-corrected chi connectivity index (χ4v) is 8.47. The number of alkyl halides is 2. The third-order valence-electron chi connectivity index (χ3n) is 11.1. The zero-order valence-electron chi connectivity index (χ0n) is 31.2. The second kappa shape index (κ2) is 14.7. The van der Waals surface area contributed by atoms with Crippen molar-refractivity contribution in [2.75, 3.05) is 57.8 Å². The van der Waals surface area contributed by atoms with E-state index in [1.165, 1.54) is 0 Å². The molecule has 0 radical (unpaired) electrons. The highest BCUT2D eigenvalue weighted by Gasteiger charge is 2.36. The lowest BCUT2D eigenvalue weighted by Gasteiger charge is -2.38. The summed E-state index contributed by atoms with van der Waals surface area (Å²) in [6, 6.07) is 3.66. The van der Waals surface area contributed by atoms with Crippen LogP contribution in [-0.2, 0) is 31.2 Å². The van der Waals surface area contributed by atoms with Gasteiger partial charge in [0.2, 0.25) is 0 Å². The van der Waals surface area contributed by atoms with Crippen molar-refractivity contribution in [1.29, 1.82) is 0 Å². The number of carbonyl (C=O) groups excluding carboxylic acids is 2. The lowest BCUT2D eigenvalue weighted by molar-refractivity contribution is 0.0163. The van der Waals surface area contributed by atoms with Gasteiger partial charge in [-0.25, -0.2) is 18.4 Å². The smallest absolute Gasteiger partial charge is 0.410 e. The molecule has 1 aromatic carbocycles. The molecule has 4 aliphatic heterocycles. The third kappa shape index (κ3) is 7.49. The number of nitrogens with zero attached hydrogens (tertiary/aromatic N) is 8. The van der Waals surface area contributed by atoms with Crippen molar-refractivity contribution in [2.24, 2.45) is 13.0 Å². The molecule has 3 amide bonds. The maximum atomic E-state index is 14.7. The summed E-state index contributed by atoms with van der Waals surface area (Å²) in [4.78, 5) is 33.7. The predicted molar refractivity (Wildman–Crippen MR) is 195 cm³/mol. The number of hydrogen-bond acceptors (Lipinski definition) is 7. The van der Waals surface area contributed by atoms with Crippen LogP contribution in [-0.4, -0.2) is 105 Å². The van der Waals surface area contributed by atoms with E-state index in [1.54, 1.807) is 37.2 Å². The highest BCUT2D eigenvalue weighted by Crippen LogP contribution is 2.43. The van der Waals surface area contributed by atoms with E-state index in [9.17, 15) is 18.4 Å². The first kappa shape index (κ1) is 36.2. The molecule has 2 saturated heterocycles. The molecular weight excluding hydrogens is 668 g/mol. The summed E-state index contributed by atoms with van der Waals surface area (Å²) in [7, 11) is 3.43. The number of aryl methyl sites for hydroxylation is 2. The van der Waals surface area contributed by atoms with Gasteiger partial charge in [0.15, 0.2) is 5.82 Å². The Hall–Kier alpha value is -4.20. The number of halogens is 2. The molecule has 282 valence electrons. The molecule has 0 aliphatic carbocycles. The first-order chi connectivity index (χ1) is 24.9. The zero-order valence-corrected chi connectivity index (χ0v) is 31.2. The lowest BCUT2D eigenvalue weighted by atomic mass is 9.92. The van der Waals surface area contributed by atoms with Crippen LogP contribution in [0.15, 0.2) is 24.5 Å². The molecule has 3 aromatic rings. The summed E-state index contributed by atoms with van der Waals surface area (Å²) < 4.78 is 38.8. The van der Waals surface area contributed by atoms with Crippen molar-refractivity contribution in [3.63, 3.8) is 0 Å². The van der Waals surface area contributed by atoms with Gasteiger partial charge in [-0.1, -0.05) is 0 Å². The molecule has 0 atom stereocenters. The van der Waals surface area contributed by atoms with E-state index in [1.807, 2.05) is 36.6 Å². The van der Waals surface area contributed by atoms with Crippen LogP contribution >= 0.6 is 0 Å². The van der Waals surface area contributed by atoms with Gasteiger partial charge in [-0.05, 0) is 88.5 Å². The normalized spacial score (nSPS) is 19.2. The number of fused-ring (bicyclic) bond motifs is 2. The summed E-state index contributed by atoms with van der Waals surface area (Å²) in [5.41, 5.74) is 4.64. The maximum absolute atomic E-state index is 14.7. The van der Waals surface area contributed by atoms with Crippen LogP contribution in [0.2, 0.25) is 0 Å². The minimum atomic E-state index is -2.65. The van der Waals surface area contributed by atoms with Crippen LogP contribution in [0, 0.1) is 5.92 Å². The first-order valence-electron chi connectivity index (χ1n) is 18.9. The molecule has 2 fully saturated rings. The van der Waals surface area contributed by atoms with Crippen LogP contribution in [0.5, 0.6) is 0 Å². The van der Waals surface area contributed by atoms with E-state index in [0.29, 0.717) is 43.1 Å². The number of hydrogen-bond donors (Lipinski definition) is 1. The molecule has 6 heterocycles. The van der Waals surface area contributed by atoms with Crippen molar-refractivity contribution >= 4 is 23.6 Å². The van der Waals surface area contributed by atoms with Gasteiger partial charge in [0.05, 0.1) is 18.8 Å². The number of amides is 3. The van der Waals surface area contributed by atoms with Crippen molar-refractivity contribution in [3.8, 4) is 11.1 Å². The molecule has 4 aliphatic rings. The number of carbonyl (C=O) groups is 2. The van der Waals surface area contributed by atoms with Crippen molar-refractivity contribution in [3.05, 3.63) is 46.9 Å². The van der Waals surface area contributed by atoms with Gasteiger partial charge in [0.1, 0.15) is 5.60 Å². The molecule has 2 aromatic heterocycles. The van der Waals surface area contributed by atoms with Crippen molar-refractivity contribution in [1.82, 2.24) is 39.6 Å². The summed E-state index contributed by atoms with van der Waals surface area (Å²) in [5.74, 6) is 1.32. The number of rotatable bonds is 6. The Kier molecular flexibility index (Phi) is 10.2. The summed E-state index contributed by atoms with van der Waals surface area (Å²) in [5, 5.41) is 12.3. The minimum absolute atomic E-state index is 0.0122. The predicted octanol–water partition coefficient (Wildman–Crippen LogP) is 6.29. The molecule has 12 nitrogen and oxygen atoms in total. The highest BCUT2D eigenvalue weighted by molar-refractivity contribution is 5.78. The van der Waals surface area contributed by atoms with Gasteiger partial charge in [-0.15, -0.1) is 0 Å². The van der Waals surface area contributed by atoms with E-state index < -0.39 is 12.0 Å². The number of aromatic nitrogens is 4. The Morgan fingerprint density at radius 2 is 1.75 bits per heavy atom. The number of benzene rings is 1. The van der Waals surface area contributed by atoms with E-state index in [4.69, 9.17) is 9.84 Å². The Labute approximate surface area is 305 Å². The van der Waals surface area contributed by atoms with E-state index >= 15 is 0 Å². The van der Waals surface area contributed by atoms with E-state index in [-0.39, 0.29) is 23.7 Å². The van der Waals surface area contributed by atoms with Crippen LogP contribution in [0.4, 0.5) is 29.9 Å². The highest BCUT2D eigenvalue weighted by atomic mass is 19.3. The number of anilines is 2. The largest absolute Gasteiger partial charge is 0.444 e. The Morgan fingerprint density at radius 3 is 2.40 bits per heavy atom. The SMILES string of the molecule is CNC(=O)N1CCc2c(c(N3CCCc4cc(-c5cnn(C)c5)c(C(F)F)cc43)nn2C2CCN(CC3CCN(C(=O)OC(C)(C)C)CC3)CC2)C1. The number of nitrogens with one attached hydrogen (secondary N) is 1. The van der Waals surface area contributed by atoms with Gasteiger partial charge < -0.3 is 29.7 Å². The standard InChI is InChI=1S/C38H53F2N9O3/c1-38(2,3)52-37(51)46-16-8-25(9-17-46)22-45-14-10-28(11-15-45)49-32-12-18-47(36(50)41-4)24-31(32)35(43-49)48-13-6-7-26-19-29(27-21-42-44(5)23-27)30(34(39)40)20-33(26)48/h19-21,23,25,28,34H,6-18,22,24H2,1-5H3,(H,41,50). The van der Waals surface area contributed by atoms with Gasteiger partial charge in [-0.2, -0.15) is 10.2 Å². The number of ether oxygens (including phenoxy) is 1. The van der Waals surface area contributed by atoms with Crippen LogP contribution in [0.3, 0.4) is 0 Å². The van der Waals surface area contributed by atoms with Crippen LogP contribution < -0.4 is 10.2 Å². The molecule has 0 spiro atoms. The third-order valence-corrected chi connectivity index (χ3v) is 11.1. The molecule has 0 saturated carbocycles. The van der Waals surface area contributed by atoms with E-state index in [0.717, 1.165) is 99.6 Å². The van der Waals surface area contributed by atoms with Gasteiger partial charge in [-0.3, -0.25) is 9.36 Å². The van der Waals surface area contributed by atoms with Crippen LogP contribution in [0.25, 0.3) is 11.1 Å². The molecule has 1 N–H and O–H groups in total. The number of urea groups is 1. The molecule has 0 unspecified atom stereocenters. The average Bonchev–Trinajstić information content (AvgIpc) is 3.73. The quantitative estimate of drug-likeness (QED) is 0.320. The number of likely N-dealkylation sites (tertiary alicyclic amines) is 2. The van der Waals surface area contributed by atoms with Crippen LogP contribution in [0.1, 0.15) is 87.7 Å². The van der Waals surface area contributed by atoms with Crippen molar-refractivity contribution in [2.45, 2.75) is 90.3 Å². The summed E-state index contributed by atoms with van der Waals surface area (Å²) in [6.07, 6.45) is 6.77. The fourth-order valence-electron chi connectivity index (χ4n) is 8.47. The van der Waals surface area contributed by atoms with E-state index in [2.05, 4.69) is 24.9 Å². The molecule has 7 rings (SSSR count).